The third kappa shape index (κ3) is 3.55. The van der Waals surface area contributed by atoms with E-state index in [2.05, 4.69) is 60.3 Å². The summed E-state index contributed by atoms with van der Waals surface area (Å²) >= 11 is 0. The molecule has 1 saturated carbocycles. The first kappa shape index (κ1) is 18.0. The van der Waals surface area contributed by atoms with Gasteiger partial charge in [0.1, 0.15) is 17.0 Å². The molecule has 1 aromatic carbocycles. The fourth-order valence-electron chi connectivity index (χ4n) is 4.04. The second kappa shape index (κ2) is 6.95. The van der Waals surface area contributed by atoms with Crippen molar-refractivity contribution in [3.63, 3.8) is 0 Å². The lowest BCUT2D eigenvalue weighted by molar-refractivity contribution is 0.458. The number of benzene rings is 1. The van der Waals surface area contributed by atoms with Gasteiger partial charge in [-0.2, -0.15) is 0 Å². The zero-order chi connectivity index (χ0) is 19.1. The summed E-state index contributed by atoms with van der Waals surface area (Å²) in [5, 5.41) is 8.01. The molecule has 0 spiro atoms. The van der Waals surface area contributed by atoms with Crippen LogP contribution in [0.3, 0.4) is 0 Å². The van der Waals surface area contributed by atoms with Crippen LogP contribution in [0.1, 0.15) is 55.1 Å². The molecule has 0 bridgehead atoms. The smallest absolute Gasteiger partial charge is 0.228 e. The summed E-state index contributed by atoms with van der Waals surface area (Å²) < 4.78 is 5.76. The first-order valence-corrected chi connectivity index (χ1v) is 9.95. The van der Waals surface area contributed by atoms with Gasteiger partial charge in [0, 0.05) is 11.6 Å². The topological polar surface area (TPSA) is 63.8 Å². The molecule has 1 aliphatic rings. The molecule has 0 radical (unpaired) electrons. The molecule has 4 rings (SSSR count). The van der Waals surface area contributed by atoms with Gasteiger partial charge < -0.3 is 9.84 Å². The molecule has 1 fully saturated rings. The van der Waals surface area contributed by atoms with Crippen molar-refractivity contribution in [2.45, 2.75) is 66.3 Å². The van der Waals surface area contributed by atoms with E-state index in [1.165, 1.54) is 36.0 Å². The van der Waals surface area contributed by atoms with Crippen LogP contribution in [0.15, 0.2) is 16.7 Å². The van der Waals surface area contributed by atoms with Crippen molar-refractivity contribution < 1.29 is 4.52 Å². The van der Waals surface area contributed by atoms with Gasteiger partial charge in [-0.1, -0.05) is 42.6 Å². The average molecular weight is 364 g/mol. The predicted octanol–water partition coefficient (Wildman–Crippen LogP) is 5.51. The average Bonchev–Trinajstić information content (AvgIpc) is 3.32. The number of fused-ring (bicyclic) bond motifs is 1. The molecule has 2 aromatic heterocycles. The Morgan fingerprint density at radius 3 is 2.44 bits per heavy atom. The van der Waals surface area contributed by atoms with Gasteiger partial charge in [-0.25, -0.2) is 9.97 Å². The van der Waals surface area contributed by atoms with Crippen molar-refractivity contribution in [2.24, 2.45) is 5.92 Å². The first-order chi connectivity index (χ1) is 13.0. The van der Waals surface area contributed by atoms with Gasteiger partial charge in [-0.3, -0.25) is 0 Å². The molecule has 0 saturated heterocycles. The third-order valence-corrected chi connectivity index (χ3v) is 5.49. The number of rotatable bonds is 6. The van der Waals surface area contributed by atoms with Crippen LogP contribution in [-0.4, -0.2) is 21.2 Å². The van der Waals surface area contributed by atoms with Gasteiger partial charge in [0.15, 0.2) is 5.82 Å². The Kier molecular flexibility index (Phi) is 4.62. The van der Waals surface area contributed by atoms with Crippen LogP contribution >= 0.6 is 0 Å². The maximum atomic E-state index is 5.76. The number of nitrogens with zero attached hydrogens (tertiary/aromatic N) is 3. The highest BCUT2D eigenvalue weighted by molar-refractivity contribution is 5.95. The molecule has 1 aliphatic carbocycles. The summed E-state index contributed by atoms with van der Waals surface area (Å²) in [5.74, 6) is 2.37. The molecule has 1 unspecified atom stereocenters. The van der Waals surface area contributed by atoms with E-state index in [0.29, 0.717) is 11.6 Å². The molecule has 1 atom stereocenters. The van der Waals surface area contributed by atoms with Crippen molar-refractivity contribution in [1.82, 2.24) is 15.1 Å². The Morgan fingerprint density at radius 2 is 1.81 bits per heavy atom. The number of anilines is 1. The number of nitrogens with one attached hydrogen (secondary N) is 1. The van der Waals surface area contributed by atoms with Gasteiger partial charge >= 0.3 is 0 Å². The number of hydrogen-bond acceptors (Lipinski definition) is 5. The molecule has 5 heteroatoms. The van der Waals surface area contributed by atoms with E-state index in [9.17, 15) is 0 Å². The molecule has 2 heterocycles. The molecular weight excluding hydrogens is 336 g/mol. The fraction of sp³-hybridized carbons (Fsp3) is 0.500. The fourth-order valence-corrected chi connectivity index (χ4v) is 4.04. The van der Waals surface area contributed by atoms with Crippen LogP contribution < -0.4 is 5.32 Å². The van der Waals surface area contributed by atoms with Crippen LogP contribution in [0.25, 0.3) is 22.4 Å². The van der Waals surface area contributed by atoms with E-state index in [4.69, 9.17) is 4.52 Å². The van der Waals surface area contributed by atoms with E-state index in [-0.39, 0.29) is 0 Å². The van der Waals surface area contributed by atoms with Crippen molar-refractivity contribution >= 4 is 16.9 Å². The van der Waals surface area contributed by atoms with Crippen LogP contribution in [0.5, 0.6) is 0 Å². The zero-order valence-corrected chi connectivity index (χ0v) is 16.9. The molecule has 0 amide bonds. The molecule has 0 aliphatic heterocycles. The summed E-state index contributed by atoms with van der Waals surface area (Å²) in [7, 11) is 0. The first-order valence-electron chi connectivity index (χ1n) is 9.95. The maximum absolute atomic E-state index is 5.76. The minimum atomic E-state index is 0.409. The largest absolute Gasteiger partial charge is 0.364 e. The minimum absolute atomic E-state index is 0.409. The van der Waals surface area contributed by atoms with Crippen LogP contribution in [0.2, 0.25) is 0 Å². The van der Waals surface area contributed by atoms with Crippen LogP contribution in [0.4, 0.5) is 5.82 Å². The highest BCUT2D eigenvalue weighted by Crippen LogP contribution is 2.37. The number of aryl methyl sites for hydroxylation is 4. The van der Waals surface area contributed by atoms with E-state index >= 15 is 0 Å². The standard InChI is InChI=1S/C22H28N4O/c1-6-17(11-16-7-8-16)25-22-21-20(23-15(5)24-22)19(26-27-21)18-13(3)9-12(2)10-14(18)4/h9-10,16-17H,6-8,11H2,1-5H3,(H,23,24,25). The molecule has 5 nitrogen and oxygen atoms in total. The van der Waals surface area contributed by atoms with Crippen LogP contribution in [0, 0.1) is 33.6 Å². The molecule has 3 aromatic rings. The van der Waals surface area contributed by atoms with Crippen molar-refractivity contribution in [1.29, 1.82) is 0 Å². The highest BCUT2D eigenvalue weighted by Gasteiger charge is 2.26. The van der Waals surface area contributed by atoms with Crippen LogP contribution in [-0.2, 0) is 0 Å². The lowest BCUT2D eigenvalue weighted by Gasteiger charge is -2.17. The lowest BCUT2D eigenvalue weighted by Crippen LogP contribution is -2.20. The van der Waals surface area contributed by atoms with E-state index < -0.39 is 0 Å². The second-order valence-corrected chi connectivity index (χ2v) is 8.03. The summed E-state index contributed by atoms with van der Waals surface area (Å²) in [6.07, 6.45) is 4.97. The summed E-state index contributed by atoms with van der Waals surface area (Å²) in [6, 6.07) is 4.77. The minimum Gasteiger partial charge on any atom is -0.364 e. The maximum Gasteiger partial charge on any atom is 0.228 e. The predicted molar refractivity (Wildman–Crippen MR) is 109 cm³/mol. The Bertz CT molecular complexity index is 964. The Labute approximate surface area is 160 Å². The normalized spacial score (nSPS) is 15.3. The van der Waals surface area contributed by atoms with Gasteiger partial charge in [-0.05, 0) is 57.6 Å². The van der Waals surface area contributed by atoms with Gasteiger partial charge in [-0.15, -0.1) is 0 Å². The monoisotopic (exact) mass is 364 g/mol. The summed E-state index contributed by atoms with van der Waals surface area (Å²) in [5.41, 5.74) is 6.99. The van der Waals surface area contributed by atoms with Gasteiger partial charge in [0.05, 0.1) is 0 Å². The quantitative estimate of drug-likeness (QED) is 0.625. The summed E-state index contributed by atoms with van der Waals surface area (Å²) in [6.45, 7) is 10.5. The van der Waals surface area contributed by atoms with Gasteiger partial charge in [0.25, 0.3) is 0 Å². The lowest BCUT2D eigenvalue weighted by atomic mass is 9.97. The third-order valence-electron chi connectivity index (χ3n) is 5.49. The summed E-state index contributed by atoms with van der Waals surface area (Å²) in [4.78, 5) is 9.30. The Balaban J connectivity index is 1.78. The zero-order valence-electron chi connectivity index (χ0n) is 16.9. The number of aromatic nitrogens is 3. The second-order valence-electron chi connectivity index (χ2n) is 8.03. The van der Waals surface area contributed by atoms with E-state index in [1.807, 2.05) is 6.92 Å². The molecular formula is C22H28N4O. The number of hydrogen-bond donors (Lipinski definition) is 1. The molecule has 27 heavy (non-hydrogen) atoms. The SMILES string of the molecule is CCC(CC1CC1)Nc1nc(C)nc2c(-c3c(C)cc(C)cc3C)noc12. The molecule has 1 N–H and O–H groups in total. The van der Waals surface area contributed by atoms with E-state index in [0.717, 1.165) is 40.8 Å². The van der Waals surface area contributed by atoms with Crippen molar-refractivity contribution in [3.05, 3.63) is 34.6 Å². The van der Waals surface area contributed by atoms with Crippen molar-refractivity contribution in [3.8, 4) is 11.3 Å². The van der Waals surface area contributed by atoms with Gasteiger partial charge in [0.2, 0.25) is 5.58 Å². The Hall–Kier alpha value is -2.43. The highest BCUT2D eigenvalue weighted by atomic mass is 16.5. The van der Waals surface area contributed by atoms with Crippen molar-refractivity contribution in [2.75, 3.05) is 5.32 Å². The molecule has 142 valence electrons. The Morgan fingerprint density at radius 1 is 1.11 bits per heavy atom. The van der Waals surface area contributed by atoms with E-state index in [1.54, 1.807) is 0 Å².